The number of amides is 3. The summed E-state index contributed by atoms with van der Waals surface area (Å²) < 4.78 is 5.12. The molecule has 2 aromatic rings. The quantitative estimate of drug-likeness (QED) is 0.552. The van der Waals surface area contributed by atoms with Gasteiger partial charge in [0.25, 0.3) is 5.91 Å². The van der Waals surface area contributed by atoms with Crippen LogP contribution in [0.4, 0.5) is 10.5 Å². The molecule has 0 aliphatic rings. The van der Waals surface area contributed by atoms with Crippen LogP contribution in [0.3, 0.4) is 0 Å². The second kappa shape index (κ2) is 11.6. The lowest BCUT2D eigenvalue weighted by Gasteiger charge is -2.21. The van der Waals surface area contributed by atoms with Crippen molar-refractivity contribution < 1.29 is 19.1 Å². The highest BCUT2D eigenvalue weighted by atomic mass is 16.5. The fourth-order valence-electron chi connectivity index (χ4n) is 2.77. The number of hydrogen-bond donors (Lipinski definition) is 3. The fourth-order valence-corrected chi connectivity index (χ4v) is 2.77. The molecule has 2 rings (SSSR count). The lowest BCUT2D eigenvalue weighted by molar-refractivity contribution is -0.151. The molecule has 160 valence electrons. The van der Waals surface area contributed by atoms with Crippen molar-refractivity contribution in [1.82, 2.24) is 10.6 Å². The van der Waals surface area contributed by atoms with Crippen molar-refractivity contribution in [3.63, 3.8) is 0 Å². The van der Waals surface area contributed by atoms with Gasteiger partial charge in [-0.1, -0.05) is 69.3 Å². The summed E-state index contributed by atoms with van der Waals surface area (Å²) in [6.07, 6.45) is 0. The van der Waals surface area contributed by atoms with Crippen LogP contribution in [0.1, 0.15) is 32.3 Å². The maximum atomic E-state index is 12.4. The van der Waals surface area contributed by atoms with Gasteiger partial charge < -0.3 is 20.7 Å². The molecule has 0 fully saturated rings. The van der Waals surface area contributed by atoms with Crippen molar-refractivity contribution in [3.05, 3.63) is 66.2 Å². The van der Waals surface area contributed by atoms with Crippen LogP contribution in [-0.4, -0.2) is 37.1 Å². The van der Waals surface area contributed by atoms with E-state index in [2.05, 4.69) is 16.0 Å². The zero-order valence-electron chi connectivity index (χ0n) is 17.6. The van der Waals surface area contributed by atoms with E-state index in [1.807, 2.05) is 43.3 Å². The second-order valence-electron chi connectivity index (χ2n) is 7.41. The lowest BCUT2D eigenvalue weighted by Crippen LogP contribution is -2.47. The van der Waals surface area contributed by atoms with Crippen LogP contribution in [0, 0.1) is 5.92 Å². The average Bonchev–Trinajstić information content (AvgIpc) is 2.75. The van der Waals surface area contributed by atoms with E-state index >= 15 is 0 Å². The Morgan fingerprint density at radius 1 is 0.900 bits per heavy atom. The first kappa shape index (κ1) is 22.9. The summed E-state index contributed by atoms with van der Waals surface area (Å²) in [4.78, 5) is 36.6. The van der Waals surface area contributed by atoms with Crippen LogP contribution in [0.25, 0.3) is 0 Å². The van der Waals surface area contributed by atoms with E-state index in [9.17, 15) is 14.4 Å². The van der Waals surface area contributed by atoms with Crippen molar-refractivity contribution in [2.45, 2.75) is 32.7 Å². The van der Waals surface area contributed by atoms with Gasteiger partial charge in [-0.05, 0) is 29.5 Å². The molecule has 0 aromatic heterocycles. The molecule has 0 aliphatic heterocycles. The van der Waals surface area contributed by atoms with E-state index < -0.39 is 24.6 Å². The molecule has 0 heterocycles. The predicted molar refractivity (Wildman–Crippen MR) is 116 cm³/mol. The first-order valence-corrected chi connectivity index (χ1v) is 9.97. The molecule has 0 saturated heterocycles. The molecule has 3 amide bonds. The Bertz CT molecular complexity index is 825. The Hall–Kier alpha value is -3.35. The minimum Gasteiger partial charge on any atom is -0.454 e. The fraction of sp³-hybridized carbons (Fsp3) is 0.348. The number of rotatable bonds is 9. The highest BCUT2D eigenvalue weighted by molar-refractivity contribution is 5.93. The summed E-state index contributed by atoms with van der Waals surface area (Å²) in [5.41, 5.74) is 1.72. The van der Waals surface area contributed by atoms with E-state index in [-0.39, 0.29) is 17.7 Å². The van der Waals surface area contributed by atoms with Gasteiger partial charge in [-0.3, -0.25) is 4.79 Å². The standard InChI is InChI=1S/C23H29N3O4/c1-16(2)21(26-23(29)25-19-12-8-5-9-13-19)22(28)30-15-20(27)24-14-17(3)18-10-6-4-7-11-18/h4-13,16-17,21H,14-15H2,1-3H3,(H,24,27)(H2,25,26,29)/t17-,21-/m0/s1. The number of esters is 1. The first-order valence-electron chi connectivity index (χ1n) is 9.97. The molecule has 7 heteroatoms. The number of para-hydroxylation sites is 1. The number of anilines is 1. The molecule has 2 aromatic carbocycles. The Morgan fingerprint density at radius 2 is 1.50 bits per heavy atom. The second-order valence-corrected chi connectivity index (χ2v) is 7.41. The van der Waals surface area contributed by atoms with Crippen molar-refractivity contribution >= 4 is 23.6 Å². The molecule has 3 N–H and O–H groups in total. The van der Waals surface area contributed by atoms with Gasteiger partial charge in [-0.2, -0.15) is 0 Å². The number of carbonyl (C=O) groups excluding carboxylic acids is 3. The molecule has 0 radical (unpaired) electrons. The molecule has 30 heavy (non-hydrogen) atoms. The first-order chi connectivity index (χ1) is 14.4. The summed E-state index contributed by atoms with van der Waals surface area (Å²) in [5, 5.41) is 8.02. The van der Waals surface area contributed by atoms with E-state index in [4.69, 9.17) is 4.74 Å². The monoisotopic (exact) mass is 411 g/mol. The number of nitrogens with one attached hydrogen (secondary N) is 3. The summed E-state index contributed by atoms with van der Waals surface area (Å²) in [7, 11) is 0. The largest absolute Gasteiger partial charge is 0.454 e. The third-order valence-corrected chi connectivity index (χ3v) is 4.56. The van der Waals surface area contributed by atoms with Crippen LogP contribution < -0.4 is 16.0 Å². The topological polar surface area (TPSA) is 96.5 Å². The van der Waals surface area contributed by atoms with Gasteiger partial charge in [0.2, 0.25) is 0 Å². The normalized spacial score (nSPS) is 12.5. The molecule has 0 spiro atoms. The summed E-state index contributed by atoms with van der Waals surface area (Å²) in [6, 6.07) is 17.3. The lowest BCUT2D eigenvalue weighted by atomic mass is 10.0. The van der Waals surface area contributed by atoms with E-state index in [0.717, 1.165) is 5.56 Å². The van der Waals surface area contributed by atoms with Crippen molar-refractivity contribution in [2.75, 3.05) is 18.5 Å². The number of benzene rings is 2. The third kappa shape index (κ3) is 7.58. The number of ether oxygens (including phenoxy) is 1. The smallest absolute Gasteiger partial charge is 0.329 e. The number of carbonyl (C=O) groups is 3. The molecule has 0 aliphatic carbocycles. The van der Waals surface area contributed by atoms with Gasteiger partial charge in [-0.25, -0.2) is 9.59 Å². The van der Waals surface area contributed by atoms with Crippen LogP contribution in [0.15, 0.2) is 60.7 Å². The summed E-state index contributed by atoms with van der Waals surface area (Å²) in [6.45, 7) is 5.62. The number of urea groups is 1. The van der Waals surface area contributed by atoms with Gasteiger partial charge in [-0.15, -0.1) is 0 Å². The van der Waals surface area contributed by atoms with E-state index in [0.29, 0.717) is 12.2 Å². The van der Waals surface area contributed by atoms with Crippen LogP contribution in [0.5, 0.6) is 0 Å². The van der Waals surface area contributed by atoms with Gasteiger partial charge in [0, 0.05) is 12.2 Å². The maximum Gasteiger partial charge on any atom is 0.329 e. The minimum absolute atomic E-state index is 0.137. The third-order valence-electron chi connectivity index (χ3n) is 4.56. The molecule has 0 unspecified atom stereocenters. The maximum absolute atomic E-state index is 12.4. The van der Waals surface area contributed by atoms with Gasteiger partial charge in [0.15, 0.2) is 6.61 Å². The Balaban J connectivity index is 1.78. The SMILES string of the molecule is CC(C)[C@H](NC(=O)Nc1ccccc1)C(=O)OCC(=O)NC[C@H](C)c1ccccc1. The predicted octanol–water partition coefficient (Wildman–Crippen LogP) is 3.30. The average molecular weight is 412 g/mol. The zero-order valence-corrected chi connectivity index (χ0v) is 17.6. The molecule has 7 nitrogen and oxygen atoms in total. The Morgan fingerprint density at radius 3 is 2.10 bits per heavy atom. The van der Waals surface area contributed by atoms with Crippen molar-refractivity contribution in [2.24, 2.45) is 5.92 Å². The highest BCUT2D eigenvalue weighted by Gasteiger charge is 2.26. The highest BCUT2D eigenvalue weighted by Crippen LogP contribution is 2.13. The van der Waals surface area contributed by atoms with Gasteiger partial charge in [0.05, 0.1) is 0 Å². The molecule has 0 saturated carbocycles. The molecular weight excluding hydrogens is 382 g/mol. The van der Waals surface area contributed by atoms with Crippen molar-refractivity contribution in [1.29, 1.82) is 0 Å². The zero-order chi connectivity index (χ0) is 21.9. The van der Waals surface area contributed by atoms with Gasteiger partial charge >= 0.3 is 12.0 Å². The number of hydrogen-bond acceptors (Lipinski definition) is 4. The molecule has 2 atom stereocenters. The summed E-state index contributed by atoms with van der Waals surface area (Å²) >= 11 is 0. The minimum atomic E-state index is -0.871. The molecule has 0 bridgehead atoms. The van der Waals surface area contributed by atoms with E-state index in [1.54, 1.807) is 38.1 Å². The van der Waals surface area contributed by atoms with Crippen molar-refractivity contribution in [3.8, 4) is 0 Å². The van der Waals surface area contributed by atoms with Crippen LogP contribution in [-0.2, 0) is 14.3 Å². The van der Waals surface area contributed by atoms with Gasteiger partial charge in [0.1, 0.15) is 6.04 Å². The Labute approximate surface area is 177 Å². The van der Waals surface area contributed by atoms with Crippen LogP contribution in [0.2, 0.25) is 0 Å². The summed E-state index contributed by atoms with van der Waals surface area (Å²) in [5.74, 6) is -1.11. The van der Waals surface area contributed by atoms with Crippen LogP contribution >= 0.6 is 0 Å². The Kier molecular flexibility index (Phi) is 8.87. The van der Waals surface area contributed by atoms with E-state index in [1.165, 1.54) is 0 Å². The molecular formula is C23H29N3O4.